The molecular weight excluding hydrogens is 430 g/mol. The Labute approximate surface area is 178 Å². The number of carbonyl (C=O) groups is 1. The Bertz CT molecular complexity index is 1210. The molecule has 0 atom stereocenters. The van der Waals surface area contributed by atoms with E-state index in [9.17, 15) is 18.3 Å². The van der Waals surface area contributed by atoms with E-state index in [1.807, 2.05) is 12.1 Å². The summed E-state index contributed by atoms with van der Waals surface area (Å²) in [6, 6.07) is 18.3. The van der Waals surface area contributed by atoms with Gasteiger partial charge in [0, 0.05) is 26.9 Å². The molecule has 1 heterocycles. The lowest BCUT2D eigenvalue weighted by atomic mass is 10.2. The molecule has 0 aliphatic carbocycles. The molecule has 0 saturated carbocycles. The highest BCUT2D eigenvalue weighted by Gasteiger charge is 2.31. The standard InChI is InChI=1S/C21H16ClNO4S2/c22-15-5-3-6-16(12-15)28-20-9-8-17(13-18(20)21(24)25)29(26,27)23-11-10-14-4-1-2-7-19(14)23/h1-9,12-13H,10-11H2,(H,24,25)/p-1. The predicted octanol–water partition coefficient (Wildman–Crippen LogP) is 3.61. The second kappa shape index (κ2) is 7.74. The number of para-hydroxylation sites is 1. The summed E-state index contributed by atoms with van der Waals surface area (Å²) in [7, 11) is -3.89. The van der Waals surface area contributed by atoms with Crippen molar-refractivity contribution in [2.75, 3.05) is 10.8 Å². The first kappa shape index (κ1) is 19.8. The molecule has 29 heavy (non-hydrogen) atoms. The third-order valence-corrected chi connectivity index (χ3v) is 7.74. The Morgan fingerprint density at radius 2 is 1.83 bits per heavy atom. The van der Waals surface area contributed by atoms with Crippen molar-refractivity contribution in [1.29, 1.82) is 0 Å². The first-order valence-electron chi connectivity index (χ1n) is 8.76. The molecule has 0 unspecified atom stereocenters. The highest BCUT2D eigenvalue weighted by molar-refractivity contribution is 7.99. The van der Waals surface area contributed by atoms with Crippen LogP contribution in [0, 0.1) is 0 Å². The molecule has 3 aromatic rings. The van der Waals surface area contributed by atoms with E-state index in [-0.39, 0.29) is 10.5 Å². The first-order valence-corrected chi connectivity index (χ1v) is 11.4. The average molecular weight is 445 g/mol. The van der Waals surface area contributed by atoms with Gasteiger partial charge in [0.1, 0.15) is 0 Å². The monoisotopic (exact) mass is 444 g/mol. The lowest BCUT2D eigenvalue weighted by Gasteiger charge is -2.21. The third-order valence-electron chi connectivity index (χ3n) is 4.63. The number of benzene rings is 3. The molecule has 8 heteroatoms. The fraction of sp³-hybridized carbons (Fsp3) is 0.0952. The summed E-state index contributed by atoms with van der Waals surface area (Å²) in [6.07, 6.45) is 0.617. The molecule has 0 spiro atoms. The molecular formula is C21H15ClNO4S2-. The number of fused-ring (bicyclic) bond motifs is 1. The van der Waals surface area contributed by atoms with E-state index in [0.717, 1.165) is 10.5 Å². The van der Waals surface area contributed by atoms with Gasteiger partial charge in [-0.2, -0.15) is 0 Å². The zero-order chi connectivity index (χ0) is 20.6. The summed E-state index contributed by atoms with van der Waals surface area (Å²) in [5.74, 6) is -1.44. The number of rotatable bonds is 5. The number of nitrogens with zero attached hydrogens (tertiary/aromatic N) is 1. The summed E-state index contributed by atoms with van der Waals surface area (Å²) >= 11 is 7.17. The van der Waals surface area contributed by atoms with Gasteiger partial charge in [0.25, 0.3) is 10.0 Å². The number of halogens is 1. The number of hydrogen-bond acceptors (Lipinski definition) is 5. The Kier molecular flexibility index (Phi) is 5.29. The van der Waals surface area contributed by atoms with Gasteiger partial charge in [-0.15, -0.1) is 0 Å². The van der Waals surface area contributed by atoms with Gasteiger partial charge in [-0.05, 0) is 54.4 Å². The molecule has 0 saturated heterocycles. The fourth-order valence-electron chi connectivity index (χ4n) is 3.26. The molecule has 0 fully saturated rings. The van der Waals surface area contributed by atoms with Gasteiger partial charge in [-0.3, -0.25) is 4.31 Å². The van der Waals surface area contributed by atoms with Crippen LogP contribution >= 0.6 is 23.4 Å². The molecule has 3 aromatic carbocycles. The van der Waals surface area contributed by atoms with Crippen molar-refractivity contribution >= 4 is 45.0 Å². The van der Waals surface area contributed by atoms with Crippen molar-refractivity contribution in [3.63, 3.8) is 0 Å². The number of aromatic carboxylic acids is 1. The fourth-order valence-corrected chi connectivity index (χ4v) is 6.02. The van der Waals surface area contributed by atoms with E-state index in [1.165, 1.54) is 34.3 Å². The SMILES string of the molecule is O=C([O-])c1cc(S(=O)(=O)N2CCc3ccccc32)ccc1Sc1cccc(Cl)c1. The van der Waals surface area contributed by atoms with E-state index >= 15 is 0 Å². The summed E-state index contributed by atoms with van der Waals surface area (Å²) in [5, 5.41) is 12.2. The number of sulfonamides is 1. The van der Waals surface area contributed by atoms with Crippen LogP contribution in [0.1, 0.15) is 15.9 Å². The van der Waals surface area contributed by atoms with Crippen molar-refractivity contribution in [1.82, 2.24) is 0 Å². The molecule has 0 aromatic heterocycles. The second-order valence-corrected chi connectivity index (χ2v) is 9.87. The minimum Gasteiger partial charge on any atom is -0.545 e. The van der Waals surface area contributed by atoms with Gasteiger partial charge in [0.05, 0.1) is 16.6 Å². The van der Waals surface area contributed by atoms with Crippen molar-refractivity contribution in [2.45, 2.75) is 21.1 Å². The van der Waals surface area contributed by atoms with Crippen molar-refractivity contribution in [3.05, 3.63) is 82.9 Å². The number of carboxylic acids is 1. The van der Waals surface area contributed by atoms with Gasteiger partial charge in [-0.25, -0.2) is 8.42 Å². The van der Waals surface area contributed by atoms with Crippen LogP contribution in [0.2, 0.25) is 5.02 Å². The van der Waals surface area contributed by atoms with Crippen LogP contribution in [0.15, 0.2) is 81.4 Å². The predicted molar refractivity (Wildman–Crippen MR) is 111 cm³/mol. The highest BCUT2D eigenvalue weighted by atomic mass is 35.5. The average Bonchev–Trinajstić information content (AvgIpc) is 3.13. The summed E-state index contributed by atoms with van der Waals surface area (Å²) in [5.41, 5.74) is 1.40. The quantitative estimate of drug-likeness (QED) is 0.600. The van der Waals surface area contributed by atoms with Crippen LogP contribution in [-0.2, 0) is 16.4 Å². The highest BCUT2D eigenvalue weighted by Crippen LogP contribution is 2.36. The Hall–Kier alpha value is -2.48. The normalized spacial score (nSPS) is 13.3. The van der Waals surface area contributed by atoms with E-state index in [1.54, 1.807) is 36.4 Å². The largest absolute Gasteiger partial charge is 0.545 e. The maximum Gasteiger partial charge on any atom is 0.264 e. The molecule has 1 aliphatic heterocycles. The number of anilines is 1. The number of carboxylic acid groups (broad SMARTS) is 1. The van der Waals surface area contributed by atoms with Gasteiger partial charge >= 0.3 is 0 Å². The van der Waals surface area contributed by atoms with Crippen molar-refractivity contribution in [3.8, 4) is 0 Å². The van der Waals surface area contributed by atoms with E-state index in [0.29, 0.717) is 28.6 Å². The minimum absolute atomic E-state index is 0.0798. The Balaban J connectivity index is 1.72. The maximum atomic E-state index is 13.2. The molecule has 1 aliphatic rings. The van der Waals surface area contributed by atoms with Crippen molar-refractivity contribution in [2.24, 2.45) is 0 Å². The Morgan fingerprint density at radius 3 is 2.59 bits per heavy atom. The summed E-state index contributed by atoms with van der Waals surface area (Å²) in [4.78, 5) is 12.8. The van der Waals surface area contributed by atoms with Crippen LogP contribution in [0.3, 0.4) is 0 Å². The first-order chi connectivity index (χ1) is 13.9. The summed E-state index contributed by atoms with van der Waals surface area (Å²) < 4.78 is 27.7. The molecule has 0 bridgehead atoms. The second-order valence-electron chi connectivity index (χ2n) is 6.46. The number of carbonyl (C=O) groups excluding carboxylic acids is 1. The number of hydrogen-bond donors (Lipinski definition) is 0. The minimum atomic E-state index is -3.89. The van der Waals surface area contributed by atoms with E-state index in [2.05, 4.69) is 0 Å². The van der Waals surface area contributed by atoms with Crippen LogP contribution in [-0.4, -0.2) is 20.9 Å². The lowest BCUT2D eigenvalue weighted by Crippen LogP contribution is -2.30. The molecule has 148 valence electrons. The zero-order valence-corrected chi connectivity index (χ0v) is 17.4. The maximum absolute atomic E-state index is 13.2. The Morgan fingerprint density at radius 1 is 1.03 bits per heavy atom. The van der Waals surface area contributed by atoms with E-state index in [4.69, 9.17) is 11.6 Å². The zero-order valence-electron chi connectivity index (χ0n) is 15.0. The molecule has 4 rings (SSSR count). The van der Waals surface area contributed by atoms with Crippen LogP contribution in [0.5, 0.6) is 0 Å². The van der Waals surface area contributed by atoms with Crippen LogP contribution < -0.4 is 9.41 Å². The smallest absolute Gasteiger partial charge is 0.264 e. The van der Waals surface area contributed by atoms with Crippen LogP contribution in [0.25, 0.3) is 0 Å². The van der Waals surface area contributed by atoms with E-state index < -0.39 is 16.0 Å². The molecule has 5 nitrogen and oxygen atoms in total. The topological polar surface area (TPSA) is 77.5 Å². The van der Waals surface area contributed by atoms with Gasteiger partial charge < -0.3 is 9.90 Å². The molecule has 0 radical (unpaired) electrons. The molecule has 0 amide bonds. The lowest BCUT2D eigenvalue weighted by molar-refractivity contribution is -0.255. The summed E-state index contributed by atoms with van der Waals surface area (Å²) in [6.45, 7) is 0.321. The molecule has 0 N–H and O–H groups in total. The van der Waals surface area contributed by atoms with Crippen LogP contribution in [0.4, 0.5) is 5.69 Å². The van der Waals surface area contributed by atoms with Crippen molar-refractivity contribution < 1.29 is 18.3 Å². The third kappa shape index (κ3) is 3.85. The van der Waals surface area contributed by atoms with Gasteiger partial charge in [-0.1, -0.05) is 47.6 Å². The van der Waals surface area contributed by atoms with Gasteiger partial charge in [0.15, 0.2) is 0 Å². The van der Waals surface area contributed by atoms with Gasteiger partial charge in [0.2, 0.25) is 0 Å².